The van der Waals surface area contributed by atoms with E-state index in [4.69, 9.17) is 15.0 Å². The Labute approximate surface area is 269 Å². The van der Waals surface area contributed by atoms with Crippen molar-refractivity contribution in [2.45, 2.75) is 13.1 Å². The molecule has 6 aromatic carbocycles. The van der Waals surface area contributed by atoms with E-state index in [0.29, 0.717) is 16.7 Å². The van der Waals surface area contributed by atoms with Crippen LogP contribution in [-0.4, -0.2) is 15.0 Å². The van der Waals surface area contributed by atoms with Gasteiger partial charge in [-0.1, -0.05) is 103 Å². The minimum absolute atomic E-state index is 0.501. The van der Waals surface area contributed by atoms with Crippen molar-refractivity contribution >= 4 is 32.7 Å². The fourth-order valence-corrected chi connectivity index (χ4v) is 6.33. The van der Waals surface area contributed by atoms with Crippen molar-refractivity contribution in [1.82, 2.24) is 15.0 Å². The van der Waals surface area contributed by atoms with Gasteiger partial charge in [-0.2, -0.15) is 13.2 Å². The van der Waals surface area contributed by atoms with Crippen molar-refractivity contribution < 1.29 is 13.2 Å². The molecule has 0 N–H and O–H groups in total. The van der Waals surface area contributed by atoms with E-state index in [1.54, 1.807) is 13.0 Å². The molecule has 3 nitrogen and oxygen atoms in total. The van der Waals surface area contributed by atoms with Crippen LogP contribution in [0.4, 0.5) is 13.2 Å². The van der Waals surface area contributed by atoms with Crippen molar-refractivity contribution in [2.24, 2.45) is 0 Å². The highest BCUT2D eigenvalue weighted by molar-refractivity contribution is 6.21. The van der Waals surface area contributed by atoms with Gasteiger partial charge in [0.2, 0.25) is 0 Å². The van der Waals surface area contributed by atoms with Crippen molar-refractivity contribution in [1.29, 1.82) is 0 Å². The molecule has 0 aliphatic heterocycles. The molecule has 0 unspecified atom stereocenters. The summed E-state index contributed by atoms with van der Waals surface area (Å²) < 4.78 is 41.1. The third-order valence-electron chi connectivity index (χ3n) is 8.47. The normalized spacial score (nSPS) is 11.8. The largest absolute Gasteiger partial charge is 0.416 e. The molecule has 2 heterocycles. The van der Waals surface area contributed by atoms with E-state index >= 15 is 0 Å². The average molecular weight is 618 g/mol. The van der Waals surface area contributed by atoms with Crippen LogP contribution < -0.4 is 0 Å². The molecule has 2 aromatic heterocycles. The second-order valence-electron chi connectivity index (χ2n) is 11.7. The number of hydrogen-bond donors (Lipinski definition) is 0. The number of nitrogens with zero attached hydrogens (tertiary/aromatic N) is 3. The van der Waals surface area contributed by atoms with E-state index in [-0.39, 0.29) is 0 Å². The van der Waals surface area contributed by atoms with Gasteiger partial charge in [-0.15, -0.1) is 0 Å². The van der Waals surface area contributed by atoms with Crippen LogP contribution in [0.25, 0.3) is 77.6 Å². The zero-order chi connectivity index (χ0) is 32.1. The lowest BCUT2D eigenvalue weighted by molar-refractivity contribution is -0.137. The van der Waals surface area contributed by atoms with Gasteiger partial charge >= 0.3 is 6.18 Å². The molecule has 0 aliphatic rings. The molecule has 226 valence electrons. The first-order valence-electron chi connectivity index (χ1n) is 15.3. The smallest absolute Gasteiger partial charge is 0.247 e. The van der Waals surface area contributed by atoms with Gasteiger partial charge < -0.3 is 0 Å². The Bertz CT molecular complexity index is 2450. The van der Waals surface area contributed by atoms with Crippen LogP contribution in [0.5, 0.6) is 0 Å². The summed E-state index contributed by atoms with van der Waals surface area (Å²) in [6.07, 6.45) is -4.43. The monoisotopic (exact) mass is 617 g/mol. The Morgan fingerprint density at radius 1 is 0.447 bits per heavy atom. The lowest BCUT2D eigenvalue weighted by Gasteiger charge is -2.15. The number of para-hydroxylation sites is 1. The number of halogens is 3. The van der Waals surface area contributed by atoms with Crippen LogP contribution in [0.1, 0.15) is 11.1 Å². The predicted molar refractivity (Wildman–Crippen MR) is 184 cm³/mol. The number of hydrogen-bond acceptors (Lipinski definition) is 3. The van der Waals surface area contributed by atoms with Crippen LogP contribution in [0.15, 0.2) is 140 Å². The van der Waals surface area contributed by atoms with E-state index in [1.807, 2.05) is 121 Å². The highest BCUT2D eigenvalue weighted by atomic mass is 19.4. The first kappa shape index (κ1) is 28.6. The number of benzene rings is 6. The second kappa shape index (κ2) is 11.2. The van der Waals surface area contributed by atoms with Crippen LogP contribution in [0, 0.1) is 6.92 Å². The van der Waals surface area contributed by atoms with Crippen molar-refractivity contribution in [3.63, 3.8) is 0 Å². The SMILES string of the molecule is Cc1cc(-c2cccc(-c3nc4ccccc4c4c3ccc3nc(-c5ccccc5)c(-c5ccccc5)nc34)c2)cc(C(F)(F)F)c1. The molecule has 0 radical (unpaired) electrons. The van der Waals surface area contributed by atoms with Gasteiger partial charge in [0.05, 0.1) is 39.2 Å². The van der Waals surface area contributed by atoms with Gasteiger partial charge in [0.1, 0.15) is 0 Å². The molecular weight excluding hydrogens is 591 g/mol. The molecular formula is C41H26F3N3. The number of aromatic nitrogens is 3. The summed E-state index contributed by atoms with van der Waals surface area (Å²) in [4.78, 5) is 15.6. The second-order valence-corrected chi connectivity index (χ2v) is 11.7. The predicted octanol–water partition coefficient (Wildman–Crippen LogP) is 11.3. The molecule has 0 spiro atoms. The molecule has 0 saturated carbocycles. The molecule has 0 saturated heterocycles. The zero-order valence-corrected chi connectivity index (χ0v) is 25.3. The fourth-order valence-electron chi connectivity index (χ4n) is 6.33. The molecule has 0 fully saturated rings. The Hall–Kier alpha value is -5.88. The number of fused-ring (bicyclic) bond motifs is 5. The van der Waals surface area contributed by atoms with Gasteiger partial charge in [0.25, 0.3) is 0 Å². The van der Waals surface area contributed by atoms with Gasteiger partial charge in [0, 0.05) is 32.8 Å². The Balaban J connectivity index is 1.40. The standard InChI is InChI=1S/C41H26F3N3/c1-25-21-30(24-31(22-25)41(42,43)44)28-15-10-16-29(23-28)37-33-19-20-35-40(36(33)32-17-8-9-18-34(32)45-37)47-39(27-13-6-3-7-14-27)38(46-35)26-11-4-2-5-12-26/h2-24H,1H3. The van der Waals surface area contributed by atoms with Gasteiger partial charge in [-0.3, -0.25) is 0 Å². The van der Waals surface area contributed by atoms with Crippen molar-refractivity contribution in [3.05, 3.63) is 151 Å². The Kier molecular flexibility index (Phi) is 6.80. The van der Waals surface area contributed by atoms with Crippen LogP contribution >= 0.6 is 0 Å². The highest BCUT2D eigenvalue weighted by Gasteiger charge is 2.31. The summed E-state index contributed by atoms with van der Waals surface area (Å²) in [5.74, 6) is 0. The molecule has 8 rings (SSSR count). The summed E-state index contributed by atoms with van der Waals surface area (Å²) in [5, 5.41) is 2.75. The highest BCUT2D eigenvalue weighted by Crippen LogP contribution is 2.40. The third kappa shape index (κ3) is 5.18. The third-order valence-corrected chi connectivity index (χ3v) is 8.47. The van der Waals surface area contributed by atoms with E-state index in [9.17, 15) is 13.2 Å². The number of pyridine rings is 1. The maximum absolute atomic E-state index is 13.7. The van der Waals surface area contributed by atoms with E-state index < -0.39 is 11.7 Å². The van der Waals surface area contributed by atoms with Crippen LogP contribution in [0.3, 0.4) is 0 Å². The van der Waals surface area contributed by atoms with E-state index in [0.717, 1.165) is 66.5 Å². The average Bonchev–Trinajstić information content (AvgIpc) is 3.10. The molecule has 8 aromatic rings. The Morgan fingerprint density at radius 2 is 1.06 bits per heavy atom. The minimum atomic E-state index is -4.43. The summed E-state index contributed by atoms with van der Waals surface area (Å²) in [5.41, 5.74) is 8.39. The zero-order valence-electron chi connectivity index (χ0n) is 25.3. The topological polar surface area (TPSA) is 38.7 Å². The summed E-state index contributed by atoms with van der Waals surface area (Å²) >= 11 is 0. The van der Waals surface area contributed by atoms with Gasteiger partial charge in [-0.05, 0) is 60.0 Å². The van der Waals surface area contributed by atoms with Crippen LogP contribution in [-0.2, 0) is 6.18 Å². The van der Waals surface area contributed by atoms with Gasteiger partial charge in [0.15, 0.2) is 0 Å². The first-order chi connectivity index (χ1) is 22.8. The van der Waals surface area contributed by atoms with E-state index in [1.165, 1.54) is 12.1 Å². The van der Waals surface area contributed by atoms with Crippen molar-refractivity contribution in [2.75, 3.05) is 0 Å². The molecule has 0 aliphatic carbocycles. The molecule has 6 heteroatoms. The molecule has 47 heavy (non-hydrogen) atoms. The van der Waals surface area contributed by atoms with Gasteiger partial charge in [-0.25, -0.2) is 15.0 Å². The minimum Gasteiger partial charge on any atom is -0.247 e. The van der Waals surface area contributed by atoms with Crippen molar-refractivity contribution in [3.8, 4) is 44.9 Å². The Morgan fingerprint density at radius 3 is 1.79 bits per heavy atom. The summed E-state index contributed by atoms with van der Waals surface area (Å²) in [6, 6.07) is 43.8. The fraction of sp³-hybridized carbons (Fsp3) is 0.0488. The molecule has 0 amide bonds. The number of aryl methyl sites for hydroxylation is 1. The summed E-state index contributed by atoms with van der Waals surface area (Å²) in [7, 11) is 0. The molecule has 0 bridgehead atoms. The lowest BCUT2D eigenvalue weighted by atomic mass is 9.95. The molecule has 0 atom stereocenters. The quantitative estimate of drug-likeness (QED) is 0.184. The number of alkyl halides is 3. The maximum atomic E-state index is 13.7. The lowest BCUT2D eigenvalue weighted by Crippen LogP contribution is -2.05. The van der Waals surface area contributed by atoms with E-state index in [2.05, 4.69) is 0 Å². The number of rotatable bonds is 4. The summed E-state index contributed by atoms with van der Waals surface area (Å²) in [6.45, 7) is 1.68. The van der Waals surface area contributed by atoms with Crippen LogP contribution in [0.2, 0.25) is 0 Å². The maximum Gasteiger partial charge on any atom is 0.416 e. The first-order valence-corrected chi connectivity index (χ1v) is 15.3.